The van der Waals surface area contributed by atoms with Crippen molar-refractivity contribution in [2.45, 2.75) is 33.2 Å². The first-order valence-electron chi connectivity index (χ1n) is 9.29. The van der Waals surface area contributed by atoms with E-state index in [-0.39, 0.29) is 51.0 Å². The van der Waals surface area contributed by atoms with Gasteiger partial charge in [-0.25, -0.2) is 12.2 Å². The number of nitrogens with zero attached hydrogens (tertiary/aromatic N) is 1. The maximum absolute atomic E-state index is 3.84. The molecule has 152 valence electrons. The average Bonchev–Trinajstić information content (AvgIpc) is 3.39. The van der Waals surface area contributed by atoms with Crippen LogP contribution < -0.4 is 40.2 Å². The average molecular weight is 578 g/mol. The SMILES string of the molecule is CC1=[C-]c2c(Br)c3c(cc2=C1)N(c1ccccc1)C(C)C=3C.[C-]1=CC=CC1.[Cl-].[Cl-].[Zr+4]. The van der Waals surface area contributed by atoms with E-state index < -0.39 is 0 Å². The summed E-state index contributed by atoms with van der Waals surface area (Å²) >= 11 is 3.84. The number of rotatable bonds is 1. The van der Waals surface area contributed by atoms with Crippen LogP contribution in [0, 0.1) is 12.2 Å². The van der Waals surface area contributed by atoms with Crippen molar-refractivity contribution in [3.63, 3.8) is 0 Å². The van der Waals surface area contributed by atoms with Crippen LogP contribution in [-0.2, 0) is 26.2 Å². The van der Waals surface area contributed by atoms with Crippen molar-refractivity contribution in [3.05, 3.63) is 92.8 Å². The molecule has 2 aromatic rings. The summed E-state index contributed by atoms with van der Waals surface area (Å²) in [4.78, 5) is 2.43. The van der Waals surface area contributed by atoms with Gasteiger partial charge < -0.3 is 29.7 Å². The predicted octanol–water partition coefficient (Wildman–Crippen LogP) is -0.637. The number of hydrogen-bond donors (Lipinski definition) is 0. The summed E-state index contributed by atoms with van der Waals surface area (Å²) in [5.74, 6) is 0. The van der Waals surface area contributed by atoms with Gasteiger partial charge in [-0.3, -0.25) is 6.08 Å². The normalized spacial score (nSPS) is 16.8. The van der Waals surface area contributed by atoms with E-state index in [2.05, 4.69) is 102 Å². The fourth-order valence-electron chi connectivity index (χ4n) is 3.83. The molecule has 30 heavy (non-hydrogen) atoms. The molecule has 0 N–H and O–H groups in total. The van der Waals surface area contributed by atoms with Crippen LogP contribution in [0.15, 0.2) is 64.7 Å². The third kappa shape index (κ3) is 5.13. The number of halogens is 3. The van der Waals surface area contributed by atoms with Crippen molar-refractivity contribution in [2.24, 2.45) is 0 Å². The van der Waals surface area contributed by atoms with Crippen molar-refractivity contribution in [2.75, 3.05) is 4.90 Å². The molecule has 1 nitrogen and oxygen atoms in total. The van der Waals surface area contributed by atoms with E-state index in [0.717, 1.165) is 6.42 Å². The second kappa shape index (κ2) is 11.7. The molecule has 2 aromatic carbocycles. The van der Waals surface area contributed by atoms with Gasteiger partial charge in [0.25, 0.3) is 0 Å². The molecule has 0 spiro atoms. The summed E-state index contributed by atoms with van der Waals surface area (Å²) < 4.78 is 1.18. The summed E-state index contributed by atoms with van der Waals surface area (Å²) in [6, 6.07) is 13.3. The summed E-state index contributed by atoms with van der Waals surface area (Å²) in [6.45, 7) is 6.61. The molecule has 0 amide bonds. The fraction of sp³-hybridized carbons (Fsp3) is 0.200. The van der Waals surface area contributed by atoms with Crippen molar-refractivity contribution < 1.29 is 51.0 Å². The van der Waals surface area contributed by atoms with Crippen LogP contribution in [0.5, 0.6) is 0 Å². The largest absolute Gasteiger partial charge is 4.00 e. The van der Waals surface area contributed by atoms with Crippen LogP contribution in [0.1, 0.15) is 32.8 Å². The van der Waals surface area contributed by atoms with Crippen molar-refractivity contribution in [3.8, 4) is 0 Å². The van der Waals surface area contributed by atoms with Crippen LogP contribution in [0.3, 0.4) is 0 Å². The second-order valence-corrected chi connectivity index (χ2v) is 7.86. The maximum atomic E-state index is 3.84. The number of benzene rings is 2. The molecule has 0 fully saturated rings. The van der Waals surface area contributed by atoms with Gasteiger partial charge in [-0.15, -0.1) is 44.8 Å². The summed E-state index contributed by atoms with van der Waals surface area (Å²) in [6.07, 6.45) is 15.7. The number of para-hydroxylation sites is 1. The Balaban J connectivity index is 0.000000499. The van der Waals surface area contributed by atoms with Gasteiger partial charge in [0.2, 0.25) is 0 Å². The van der Waals surface area contributed by atoms with E-state index in [1.807, 2.05) is 12.2 Å². The van der Waals surface area contributed by atoms with Crippen LogP contribution in [-0.4, -0.2) is 6.04 Å². The molecule has 5 heteroatoms. The molecule has 1 unspecified atom stereocenters. The Morgan fingerprint density at radius 2 is 1.80 bits per heavy atom. The van der Waals surface area contributed by atoms with Gasteiger partial charge in [0.15, 0.2) is 0 Å². The third-order valence-electron chi connectivity index (χ3n) is 5.26. The quantitative estimate of drug-likeness (QED) is 0.408. The Hall–Kier alpha value is -0.857. The van der Waals surface area contributed by atoms with Gasteiger partial charge in [-0.2, -0.15) is 12.2 Å². The van der Waals surface area contributed by atoms with E-state index in [1.54, 1.807) is 0 Å². The molecule has 2 aliphatic carbocycles. The van der Waals surface area contributed by atoms with Crippen molar-refractivity contribution in [1.29, 1.82) is 0 Å². The predicted molar refractivity (Wildman–Crippen MR) is 118 cm³/mol. The van der Waals surface area contributed by atoms with Crippen LogP contribution in [0.2, 0.25) is 0 Å². The molecule has 0 bridgehead atoms. The number of anilines is 2. The van der Waals surface area contributed by atoms with Crippen molar-refractivity contribution in [1.82, 2.24) is 0 Å². The summed E-state index contributed by atoms with van der Waals surface area (Å²) in [5.41, 5.74) is 6.31. The van der Waals surface area contributed by atoms with Crippen LogP contribution >= 0.6 is 15.9 Å². The van der Waals surface area contributed by atoms with E-state index >= 15 is 0 Å². The van der Waals surface area contributed by atoms with Gasteiger partial charge in [-0.1, -0.05) is 31.2 Å². The molecule has 1 atom stereocenters. The minimum Gasteiger partial charge on any atom is -1.00 e. The second-order valence-electron chi connectivity index (χ2n) is 7.07. The Morgan fingerprint density at radius 3 is 2.37 bits per heavy atom. The Morgan fingerprint density at radius 1 is 1.10 bits per heavy atom. The first-order valence-corrected chi connectivity index (χ1v) is 10.1. The number of allylic oxidation sites excluding steroid dienone is 5. The van der Waals surface area contributed by atoms with E-state index in [1.165, 1.54) is 43.0 Å². The molecule has 0 aromatic heterocycles. The minimum atomic E-state index is 0. The number of hydrogen-bond acceptors (Lipinski definition) is 1. The molecule has 3 aliphatic rings. The topological polar surface area (TPSA) is 3.24 Å². The Kier molecular flexibility index (Phi) is 10.6. The van der Waals surface area contributed by atoms with Crippen LogP contribution in [0.25, 0.3) is 11.6 Å². The van der Waals surface area contributed by atoms with Gasteiger partial charge in [0, 0.05) is 11.4 Å². The third-order valence-corrected chi connectivity index (χ3v) is 6.05. The van der Waals surface area contributed by atoms with E-state index in [4.69, 9.17) is 0 Å². The van der Waals surface area contributed by atoms with E-state index in [0.29, 0.717) is 6.04 Å². The van der Waals surface area contributed by atoms with Gasteiger partial charge in [0.05, 0.1) is 6.04 Å². The number of fused-ring (bicyclic) bond motifs is 2. The van der Waals surface area contributed by atoms with Gasteiger partial charge in [-0.05, 0) is 41.2 Å². The molecule has 1 heterocycles. The molecular formula is C25H22BrCl2NZr. The van der Waals surface area contributed by atoms with Gasteiger partial charge >= 0.3 is 26.2 Å². The first-order chi connectivity index (χ1) is 13.1. The smallest absolute Gasteiger partial charge is 1.00 e. The summed E-state index contributed by atoms with van der Waals surface area (Å²) in [7, 11) is 0. The zero-order valence-electron chi connectivity index (χ0n) is 17.1. The van der Waals surface area contributed by atoms with Gasteiger partial charge in [0.1, 0.15) is 0 Å². The standard InChI is InChI=1S/C20H17BrN.C5H5.2ClH.Zr/c1-12-9-15-11-18-19(20(21)17(15)10-12)13(2)14(3)22(18)16-7-5-4-6-8-16;1-2-4-5-3-1;;;/h4-9,11,14H,1-3H3;1-3H,4H2;2*1H;/q2*-1;;;+4/p-2. The fourth-order valence-corrected chi connectivity index (χ4v) is 4.67. The molecule has 1 aliphatic heterocycles. The zero-order valence-corrected chi connectivity index (χ0v) is 22.7. The molecule has 0 radical (unpaired) electrons. The maximum Gasteiger partial charge on any atom is 4.00 e. The minimum absolute atomic E-state index is 0. The zero-order chi connectivity index (χ0) is 19.0. The van der Waals surface area contributed by atoms with E-state index in [9.17, 15) is 0 Å². The molecule has 0 saturated carbocycles. The monoisotopic (exact) mass is 575 g/mol. The first kappa shape index (κ1) is 27.2. The van der Waals surface area contributed by atoms with Crippen molar-refractivity contribution >= 4 is 39.0 Å². The molecule has 5 rings (SSSR count). The Labute approximate surface area is 219 Å². The molecule has 0 saturated heterocycles. The molecular weight excluding hydrogens is 556 g/mol. The summed E-state index contributed by atoms with van der Waals surface area (Å²) in [5, 5.41) is 2.58. The Bertz CT molecular complexity index is 1090. The van der Waals surface area contributed by atoms with Crippen LogP contribution in [0.4, 0.5) is 11.4 Å².